The predicted molar refractivity (Wildman–Crippen MR) is 68.7 cm³/mol. The molecule has 1 saturated carbocycles. The lowest BCUT2D eigenvalue weighted by Crippen LogP contribution is -2.45. The van der Waals surface area contributed by atoms with Crippen LogP contribution in [0.5, 0.6) is 5.75 Å². The van der Waals surface area contributed by atoms with Gasteiger partial charge in [-0.05, 0) is 37.1 Å². The molecule has 0 saturated heterocycles. The third kappa shape index (κ3) is 3.01. The monoisotopic (exact) mass is 249 g/mol. The number of hydrogen-bond donors (Lipinski definition) is 2. The Labute approximate surface area is 107 Å². The molecule has 0 aromatic heterocycles. The van der Waals surface area contributed by atoms with Crippen molar-refractivity contribution >= 4 is 5.91 Å². The molecule has 0 spiro atoms. The van der Waals surface area contributed by atoms with Gasteiger partial charge < -0.3 is 15.2 Å². The van der Waals surface area contributed by atoms with E-state index in [-0.39, 0.29) is 11.9 Å². The highest BCUT2D eigenvalue weighted by molar-refractivity contribution is 5.94. The highest BCUT2D eigenvalue weighted by Gasteiger charge is 2.24. The van der Waals surface area contributed by atoms with Crippen LogP contribution in [0.15, 0.2) is 24.3 Å². The zero-order valence-corrected chi connectivity index (χ0v) is 10.6. The Balaban J connectivity index is 1.97. The molecule has 2 rings (SSSR count). The van der Waals surface area contributed by atoms with Gasteiger partial charge in [0.1, 0.15) is 5.75 Å². The lowest BCUT2D eigenvalue weighted by atomic mass is 9.92. The number of rotatable bonds is 3. The van der Waals surface area contributed by atoms with Crippen molar-refractivity contribution < 1.29 is 14.6 Å². The molecule has 0 unspecified atom stereocenters. The van der Waals surface area contributed by atoms with Gasteiger partial charge in [-0.2, -0.15) is 0 Å². The molecule has 0 bridgehead atoms. The first-order valence-electron chi connectivity index (χ1n) is 6.33. The number of hydrogen-bond acceptors (Lipinski definition) is 3. The number of benzene rings is 1. The van der Waals surface area contributed by atoms with E-state index in [4.69, 9.17) is 4.74 Å². The van der Waals surface area contributed by atoms with E-state index in [1.165, 1.54) is 0 Å². The Morgan fingerprint density at radius 2 is 1.94 bits per heavy atom. The molecular weight excluding hydrogens is 230 g/mol. The Kier molecular flexibility index (Phi) is 4.20. The average molecular weight is 249 g/mol. The van der Waals surface area contributed by atoms with Crippen molar-refractivity contribution in [3.8, 4) is 5.75 Å². The summed E-state index contributed by atoms with van der Waals surface area (Å²) >= 11 is 0. The van der Waals surface area contributed by atoms with Crippen LogP contribution < -0.4 is 10.1 Å². The number of carbonyl (C=O) groups is 1. The Morgan fingerprint density at radius 3 is 2.56 bits per heavy atom. The molecular formula is C14H19NO3. The van der Waals surface area contributed by atoms with Gasteiger partial charge in [0.05, 0.1) is 19.3 Å². The van der Waals surface area contributed by atoms with Crippen molar-refractivity contribution in [1.29, 1.82) is 0 Å². The normalized spacial score (nSPS) is 23.4. The summed E-state index contributed by atoms with van der Waals surface area (Å²) < 4.78 is 5.04. The molecule has 0 radical (unpaired) electrons. The van der Waals surface area contributed by atoms with Crippen LogP contribution in [-0.4, -0.2) is 30.3 Å². The molecule has 1 amide bonds. The fourth-order valence-electron chi connectivity index (χ4n) is 2.27. The van der Waals surface area contributed by atoms with Gasteiger partial charge in [0.2, 0.25) is 0 Å². The van der Waals surface area contributed by atoms with Crippen molar-refractivity contribution in [1.82, 2.24) is 5.32 Å². The maximum atomic E-state index is 12.0. The number of amides is 1. The van der Waals surface area contributed by atoms with E-state index < -0.39 is 6.10 Å². The van der Waals surface area contributed by atoms with Crippen molar-refractivity contribution in [2.75, 3.05) is 7.11 Å². The summed E-state index contributed by atoms with van der Waals surface area (Å²) in [5.41, 5.74) is 0.591. The smallest absolute Gasteiger partial charge is 0.251 e. The van der Waals surface area contributed by atoms with E-state index in [9.17, 15) is 9.90 Å². The maximum absolute atomic E-state index is 12.0. The number of ether oxygens (including phenoxy) is 1. The van der Waals surface area contributed by atoms with Crippen molar-refractivity contribution in [2.45, 2.75) is 37.8 Å². The second-order valence-electron chi connectivity index (χ2n) is 4.66. The molecule has 0 heterocycles. The van der Waals surface area contributed by atoms with Gasteiger partial charge in [0, 0.05) is 5.56 Å². The third-order valence-corrected chi connectivity index (χ3v) is 3.40. The van der Waals surface area contributed by atoms with Crippen LogP contribution in [0.25, 0.3) is 0 Å². The Hall–Kier alpha value is -1.55. The van der Waals surface area contributed by atoms with Gasteiger partial charge in [-0.3, -0.25) is 4.79 Å². The van der Waals surface area contributed by atoms with Crippen LogP contribution in [0, 0.1) is 0 Å². The van der Waals surface area contributed by atoms with Crippen molar-refractivity contribution in [3.05, 3.63) is 29.8 Å². The summed E-state index contributed by atoms with van der Waals surface area (Å²) in [6.07, 6.45) is 3.30. The average Bonchev–Trinajstić information content (AvgIpc) is 2.41. The predicted octanol–water partition coefficient (Wildman–Crippen LogP) is 1.73. The van der Waals surface area contributed by atoms with Crippen LogP contribution in [0.3, 0.4) is 0 Å². The first-order chi connectivity index (χ1) is 8.70. The minimum atomic E-state index is -0.416. The molecule has 1 aromatic rings. The molecule has 18 heavy (non-hydrogen) atoms. The number of methoxy groups -OCH3 is 1. The molecule has 2 atom stereocenters. The SMILES string of the molecule is COc1ccc(C(=O)N[C@@H]2CCCC[C@@H]2O)cc1. The second kappa shape index (κ2) is 5.87. The van der Waals surface area contributed by atoms with E-state index in [1.54, 1.807) is 31.4 Å². The molecule has 1 fully saturated rings. The van der Waals surface area contributed by atoms with Crippen LogP contribution in [-0.2, 0) is 0 Å². The maximum Gasteiger partial charge on any atom is 0.251 e. The zero-order valence-electron chi connectivity index (χ0n) is 10.6. The third-order valence-electron chi connectivity index (χ3n) is 3.40. The fourth-order valence-corrected chi connectivity index (χ4v) is 2.27. The highest BCUT2D eigenvalue weighted by Crippen LogP contribution is 2.19. The molecule has 1 aliphatic carbocycles. The molecule has 2 N–H and O–H groups in total. The molecule has 98 valence electrons. The molecule has 1 aliphatic rings. The van der Waals surface area contributed by atoms with E-state index in [0.717, 1.165) is 31.4 Å². The Bertz CT molecular complexity index is 402. The van der Waals surface area contributed by atoms with Gasteiger partial charge >= 0.3 is 0 Å². The molecule has 4 nitrogen and oxygen atoms in total. The van der Waals surface area contributed by atoms with E-state index in [1.807, 2.05) is 0 Å². The topological polar surface area (TPSA) is 58.6 Å². The first kappa shape index (κ1) is 12.9. The molecule has 0 aliphatic heterocycles. The fraction of sp³-hybridized carbons (Fsp3) is 0.500. The van der Waals surface area contributed by atoms with E-state index in [2.05, 4.69) is 5.32 Å². The lowest BCUT2D eigenvalue weighted by Gasteiger charge is -2.28. The van der Waals surface area contributed by atoms with Gasteiger partial charge in [-0.25, -0.2) is 0 Å². The van der Waals surface area contributed by atoms with E-state index in [0.29, 0.717) is 5.56 Å². The van der Waals surface area contributed by atoms with Crippen LogP contribution in [0.4, 0.5) is 0 Å². The molecule has 4 heteroatoms. The van der Waals surface area contributed by atoms with Gasteiger partial charge in [-0.1, -0.05) is 12.8 Å². The second-order valence-corrected chi connectivity index (χ2v) is 4.66. The summed E-state index contributed by atoms with van der Waals surface area (Å²) in [5, 5.41) is 12.7. The van der Waals surface area contributed by atoms with Crippen LogP contribution >= 0.6 is 0 Å². The summed E-state index contributed by atoms with van der Waals surface area (Å²) in [6, 6.07) is 6.85. The van der Waals surface area contributed by atoms with Crippen molar-refractivity contribution in [2.24, 2.45) is 0 Å². The van der Waals surface area contributed by atoms with Gasteiger partial charge in [-0.15, -0.1) is 0 Å². The number of aliphatic hydroxyl groups excluding tert-OH is 1. The largest absolute Gasteiger partial charge is 0.497 e. The quantitative estimate of drug-likeness (QED) is 0.857. The summed E-state index contributed by atoms with van der Waals surface area (Å²) in [6.45, 7) is 0. The van der Waals surface area contributed by atoms with Crippen LogP contribution in [0.2, 0.25) is 0 Å². The van der Waals surface area contributed by atoms with Gasteiger partial charge in [0.25, 0.3) is 5.91 Å². The summed E-state index contributed by atoms with van der Waals surface area (Å²) in [4.78, 5) is 12.0. The number of aliphatic hydroxyl groups is 1. The minimum Gasteiger partial charge on any atom is -0.497 e. The Morgan fingerprint density at radius 1 is 1.28 bits per heavy atom. The standard InChI is InChI=1S/C14H19NO3/c1-18-11-8-6-10(7-9-11)14(17)15-12-4-2-3-5-13(12)16/h6-9,12-13,16H,2-5H2,1H3,(H,15,17)/t12-,13+/m1/s1. The zero-order chi connectivity index (χ0) is 13.0. The minimum absolute atomic E-state index is 0.117. The number of nitrogens with one attached hydrogen (secondary N) is 1. The summed E-state index contributed by atoms with van der Waals surface area (Å²) in [5.74, 6) is 0.591. The summed E-state index contributed by atoms with van der Waals surface area (Å²) in [7, 11) is 1.59. The lowest BCUT2D eigenvalue weighted by molar-refractivity contribution is 0.0717. The first-order valence-corrected chi connectivity index (χ1v) is 6.33. The van der Waals surface area contributed by atoms with Crippen molar-refractivity contribution in [3.63, 3.8) is 0 Å². The highest BCUT2D eigenvalue weighted by atomic mass is 16.5. The van der Waals surface area contributed by atoms with Gasteiger partial charge in [0.15, 0.2) is 0 Å². The number of carbonyl (C=O) groups excluding carboxylic acids is 1. The van der Waals surface area contributed by atoms with E-state index >= 15 is 0 Å². The molecule has 1 aromatic carbocycles. The van der Waals surface area contributed by atoms with Crippen LogP contribution in [0.1, 0.15) is 36.0 Å².